The first-order valence-electron chi connectivity index (χ1n) is 8.36. The van der Waals surface area contributed by atoms with Crippen LogP contribution in [0.1, 0.15) is 28.9 Å². The lowest BCUT2D eigenvalue weighted by molar-refractivity contribution is -0.118. The maximum atomic E-state index is 12.9. The van der Waals surface area contributed by atoms with Gasteiger partial charge in [-0.05, 0) is 37.1 Å². The van der Waals surface area contributed by atoms with E-state index >= 15 is 0 Å². The number of nitrogens with zero attached hydrogens (tertiary/aromatic N) is 3. The lowest BCUT2D eigenvalue weighted by Gasteiger charge is -2.21. The fourth-order valence-electron chi connectivity index (χ4n) is 3.85. The van der Waals surface area contributed by atoms with Crippen LogP contribution in [-0.4, -0.2) is 42.6 Å². The average Bonchev–Trinajstić information content (AvgIpc) is 3.31. The van der Waals surface area contributed by atoms with Crippen molar-refractivity contribution >= 4 is 27.5 Å². The molecule has 132 valence electrons. The summed E-state index contributed by atoms with van der Waals surface area (Å²) in [6.45, 7) is -0.00648. The van der Waals surface area contributed by atoms with E-state index in [1.54, 1.807) is 29.3 Å². The van der Waals surface area contributed by atoms with Crippen molar-refractivity contribution in [3.05, 3.63) is 53.9 Å². The summed E-state index contributed by atoms with van der Waals surface area (Å²) in [6, 6.07) is 9.61. The van der Waals surface area contributed by atoms with E-state index in [1.165, 1.54) is 12.1 Å². The Morgan fingerprint density at radius 1 is 1.15 bits per heavy atom. The zero-order valence-corrected chi connectivity index (χ0v) is 14.6. The molecule has 8 heteroatoms. The molecule has 0 N–H and O–H groups in total. The third-order valence-electron chi connectivity index (χ3n) is 5.39. The highest BCUT2D eigenvalue weighted by atomic mass is 32.2. The highest BCUT2D eigenvalue weighted by Gasteiger charge is 2.54. The van der Waals surface area contributed by atoms with Gasteiger partial charge in [0.2, 0.25) is 5.91 Å². The van der Waals surface area contributed by atoms with E-state index < -0.39 is 28.4 Å². The van der Waals surface area contributed by atoms with Gasteiger partial charge in [-0.3, -0.25) is 14.6 Å². The number of rotatable bonds is 2. The Hall–Kier alpha value is -2.74. The monoisotopic (exact) mass is 369 g/mol. The van der Waals surface area contributed by atoms with Gasteiger partial charge in [-0.1, -0.05) is 12.1 Å². The van der Waals surface area contributed by atoms with E-state index in [0.29, 0.717) is 10.8 Å². The van der Waals surface area contributed by atoms with E-state index in [0.717, 1.165) is 24.2 Å². The highest BCUT2D eigenvalue weighted by Crippen LogP contribution is 2.55. The zero-order chi connectivity index (χ0) is 18.1. The Balaban J connectivity index is 1.47. The SMILES string of the molecule is O=C(CN1C(=O)c2ccccc2S1(=O)=O)N1CC2(CC2)c2ncccc21. The summed E-state index contributed by atoms with van der Waals surface area (Å²) in [6.07, 6.45) is 3.64. The molecule has 26 heavy (non-hydrogen) atoms. The molecule has 5 rings (SSSR count). The van der Waals surface area contributed by atoms with Crippen LogP contribution in [-0.2, 0) is 20.2 Å². The van der Waals surface area contributed by atoms with Gasteiger partial charge in [0.1, 0.15) is 11.4 Å². The first kappa shape index (κ1) is 15.5. The van der Waals surface area contributed by atoms with E-state index in [9.17, 15) is 18.0 Å². The molecule has 3 heterocycles. The van der Waals surface area contributed by atoms with Crippen LogP contribution in [0.4, 0.5) is 5.69 Å². The minimum atomic E-state index is -3.99. The summed E-state index contributed by atoms with van der Waals surface area (Å²) in [7, 11) is -3.99. The van der Waals surface area contributed by atoms with Gasteiger partial charge in [0.05, 0.1) is 16.9 Å². The fraction of sp³-hybridized carbons (Fsp3) is 0.278. The Labute approximate surface area is 150 Å². The van der Waals surface area contributed by atoms with Crippen molar-refractivity contribution in [2.24, 2.45) is 0 Å². The zero-order valence-electron chi connectivity index (χ0n) is 13.8. The summed E-state index contributed by atoms with van der Waals surface area (Å²) in [5, 5.41) is 0. The van der Waals surface area contributed by atoms with Gasteiger partial charge < -0.3 is 4.90 Å². The molecule has 0 radical (unpaired) electrons. The minimum absolute atomic E-state index is 0.0417. The van der Waals surface area contributed by atoms with E-state index in [-0.39, 0.29) is 15.9 Å². The van der Waals surface area contributed by atoms with Gasteiger partial charge in [0.15, 0.2) is 0 Å². The number of carbonyl (C=O) groups excluding carboxylic acids is 2. The second kappa shape index (κ2) is 4.91. The number of benzene rings is 1. The van der Waals surface area contributed by atoms with Crippen molar-refractivity contribution in [1.82, 2.24) is 9.29 Å². The van der Waals surface area contributed by atoms with Crippen LogP contribution in [0.25, 0.3) is 0 Å². The average molecular weight is 369 g/mol. The van der Waals surface area contributed by atoms with Gasteiger partial charge in [-0.2, -0.15) is 0 Å². The van der Waals surface area contributed by atoms with Crippen molar-refractivity contribution in [2.75, 3.05) is 18.0 Å². The molecular weight excluding hydrogens is 354 g/mol. The summed E-state index contributed by atoms with van der Waals surface area (Å²) in [5.41, 5.74) is 1.63. The smallest absolute Gasteiger partial charge is 0.269 e. The predicted octanol–water partition coefficient (Wildman–Crippen LogP) is 1.30. The minimum Gasteiger partial charge on any atom is -0.308 e. The second-order valence-electron chi connectivity index (χ2n) is 6.94. The third kappa shape index (κ3) is 1.93. The first-order chi connectivity index (χ1) is 12.4. The van der Waals surface area contributed by atoms with Gasteiger partial charge in [-0.25, -0.2) is 12.7 Å². The summed E-state index contributed by atoms with van der Waals surface area (Å²) in [5.74, 6) is -1.06. The van der Waals surface area contributed by atoms with Gasteiger partial charge >= 0.3 is 0 Å². The number of sulfonamides is 1. The largest absolute Gasteiger partial charge is 0.308 e. The number of hydrogen-bond donors (Lipinski definition) is 0. The topological polar surface area (TPSA) is 87.7 Å². The normalized spacial score (nSPS) is 21.0. The molecule has 3 aliphatic rings. The molecule has 1 saturated carbocycles. The van der Waals surface area contributed by atoms with E-state index in [1.807, 2.05) is 6.07 Å². The molecule has 2 amide bonds. The number of carbonyl (C=O) groups is 2. The predicted molar refractivity (Wildman–Crippen MR) is 92.2 cm³/mol. The van der Waals surface area contributed by atoms with E-state index in [4.69, 9.17) is 0 Å². The Kier molecular flexibility index (Phi) is 2.93. The number of pyridine rings is 1. The molecule has 1 fully saturated rings. The molecule has 1 aromatic heterocycles. The Bertz CT molecular complexity index is 1080. The first-order valence-corrected chi connectivity index (χ1v) is 9.80. The van der Waals surface area contributed by atoms with Gasteiger partial charge in [-0.15, -0.1) is 0 Å². The maximum absolute atomic E-state index is 12.9. The lowest BCUT2D eigenvalue weighted by Crippen LogP contribution is -2.43. The molecule has 2 aromatic rings. The van der Waals surface area contributed by atoms with Crippen LogP contribution in [0, 0.1) is 0 Å². The van der Waals surface area contributed by atoms with Crippen LogP contribution in [0.3, 0.4) is 0 Å². The molecule has 0 saturated heterocycles. The van der Waals surface area contributed by atoms with Crippen molar-refractivity contribution < 1.29 is 18.0 Å². The van der Waals surface area contributed by atoms with Crippen molar-refractivity contribution in [3.63, 3.8) is 0 Å². The van der Waals surface area contributed by atoms with Crippen LogP contribution in [0.5, 0.6) is 0 Å². The number of fused-ring (bicyclic) bond motifs is 3. The molecule has 0 unspecified atom stereocenters. The molecular formula is C18H15N3O4S. The summed E-state index contributed by atoms with van der Waals surface area (Å²) < 4.78 is 26.0. The molecule has 1 aliphatic carbocycles. The Morgan fingerprint density at radius 2 is 1.92 bits per heavy atom. The van der Waals surface area contributed by atoms with Crippen LogP contribution < -0.4 is 4.90 Å². The van der Waals surface area contributed by atoms with Crippen LogP contribution in [0.2, 0.25) is 0 Å². The molecule has 0 atom stereocenters. The van der Waals surface area contributed by atoms with Crippen LogP contribution >= 0.6 is 0 Å². The maximum Gasteiger partial charge on any atom is 0.269 e. The van der Waals surface area contributed by atoms with E-state index in [2.05, 4.69) is 4.98 Å². The Morgan fingerprint density at radius 3 is 2.65 bits per heavy atom. The van der Waals surface area contributed by atoms with Gasteiger partial charge in [0.25, 0.3) is 15.9 Å². The van der Waals surface area contributed by atoms with Crippen molar-refractivity contribution in [1.29, 1.82) is 0 Å². The second-order valence-corrected chi connectivity index (χ2v) is 8.78. The van der Waals surface area contributed by atoms with Crippen molar-refractivity contribution in [3.8, 4) is 0 Å². The molecule has 2 aliphatic heterocycles. The lowest BCUT2D eigenvalue weighted by atomic mass is 10.1. The van der Waals surface area contributed by atoms with Gasteiger partial charge in [0, 0.05) is 18.2 Å². The number of aromatic nitrogens is 1. The van der Waals surface area contributed by atoms with Crippen molar-refractivity contribution in [2.45, 2.75) is 23.2 Å². The van der Waals surface area contributed by atoms with Crippen LogP contribution in [0.15, 0.2) is 47.5 Å². The number of anilines is 1. The summed E-state index contributed by atoms with van der Waals surface area (Å²) in [4.78, 5) is 31.4. The number of amides is 2. The quantitative estimate of drug-likeness (QED) is 0.796. The summed E-state index contributed by atoms with van der Waals surface area (Å²) >= 11 is 0. The third-order valence-corrected chi connectivity index (χ3v) is 7.17. The number of hydrogen-bond acceptors (Lipinski definition) is 5. The molecule has 7 nitrogen and oxygen atoms in total. The highest BCUT2D eigenvalue weighted by molar-refractivity contribution is 7.90. The fourth-order valence-corrected chi connectivity index (χ4v) is 5.37. The molecule has 1 spiro atoms. The molecule has 0 bridgehead atoms. The molecule has 1 aromatic carbocycles. The standard InChI is InChI=1S/C18H15N3O4S/c22-15(20-11-18(7-8-18)16-13(20)5-3-9-19-16)10-21-17(23)12-4-1-2-6-14(12)26(21,24)25/h1-6,9H,7-8,10-11H2.